The summed E-state index contributed by atoms with van der Waals surface area (Å²) in [4.78, 5) is 12.1. The quantitative estimate of drug-likeness (QED) is 0.202. The molecule has 2 aromatic heterocycles. The molecule has 0 fully saturated rings. The molecule has 0 aliphatic rings. The molecule has 2 heterocycles. The molecule has 0 saturated carbocycles. The van der Waals surface area contributed by atoms with E-state index < -0.39 is 12.0 Å². The molecule has 0 bridgehead atoms. The monoisotopic (exact) mass is 370 g/mol. The minimum absolute atomic E-state index is 0.0655. The molecular weight excluding hydrogens is 357 g/mol. The molecule has 2 aromatic rings. The smallest absolute Gasteiger partial charge is 0.390 e. The first-order valence-electron chi connectivity index (χ1n) is 7.09. The van der Waals surface area contributed by atoms with E-state index in [1.807, 2.05) is 0 Å². The van der Waals surface area contributed by atoms with E-state index in [0.29, 0.717) is 5.15 Å². The number of pyridine rings is 2. The Morgan fingerprint density at radius 1 is 1.32 bits per heavy atom. The predicted octanol–water partition coefficient (Wildman–Crippen LogP) is 3.56. The molecule has 0 spiro atoms. The van der Waals surface area contributed by atoms with Gasteiger partial charge in [0.05, 0.1) is 6.54 Å². The minimum atomic E-state index is -4.75. The fourth-order valence-corrected chi connectivity index (χ4v) is 1.91. The van der Waals surface area contributed by atoms with E-state index >= 15 is 0 Å². The minimum Gasteiger partial charge on any atom is -0.390 e. The van der Waals surface area contributed by atoms with Crippen molar-refractivity contribution in [1.29, 1.82) is 0 Å². The maximum absolute atomic E-state index is 13.1. The van der Waals surface area contributed by atoms with Gasteiger partial charge in [-0.2, -0.15) is 13.2 Å². The molecule has 0 unspecified atom stereocenters. The second kappa shape index (κ2) is 8.48. The van der Waals surface area contributed by atoms with Crippen LogP contribution in [-0.4, -0.2) is 28.2 Å². The molecule has 132 valence electrons. The largest absolute Gasteiger partial charge is 0.455 e. The zero-order chi connectivity index (χ0) is 18.3. The van der Waals surface area contributed by atoms with E-state index in [1.165, 1.54) is 22.9 Å². The lowest BCUT2D eigenvalue weighted by molar-refractivity contribution is -0.0631. The van der Waals surface area contributed by atoms with Crippen LogP contribution in [0.3, 0.4) is 0 Å². The highest BCUT2D eigenvalue weighted by atomic mass is 35.5. The summed E-state index contributed by atoms with van der Waals surface area (Å²) in [6, 6.07) is 8.03. The highest BCUT2D eigenvalue weighted by Crippen LogP contribution is 2.18. The standard InChI is InChI=1S/C16H14ClF3N4O/c1-2-9-25-23-15(16(18,19)20)22-14-5-3-4-8-24(14)11-12-6-7-13(17)21-10-12/h2-8,10H,1,9,11H2/b22-14+,23-15?. The molecule has 0 saturated heterocycles. The summed E-state index contributed by atoms with van der Waals surface area (Å²) in [6.45, 7) is 3.46. The summed E-state index contributed by atoms with van der Waals surface area (Å²) in [5, 5.41) is 3.38. The molecule has 0 N–H and O–H groups in total. The van der Waals surface area contributed by atoms with Gasteiger partial charge in [0.15, 0.2) is 0 Å². The number of hydrogen-bond acceptors (Lipinski definition) is 3. The summed E-state index contributed by atoms with van der Waals surface area (Å²) >= 11 is 5.73. The van der Waals surface area contributed by atoms with Gasteiger partial charge >= 0.3 is 6.18 Å². The van der Waals surface area contributed by atoms with Gasteiger partial charge in [-0.15, -0.1) is 0 Å². The Morgan fingerprint density at radius 3 is 2.76 bits per heavy atom. The SMILES string of the molecule is C=CCON=C(/N=c1\ccccn1Cc1ccc(Cl)nc1)C(F)(F)F. The van der Waals surface area contributed by atoms with Gasteiger partial charge in [-0.1, -0.05) is 41.5 Å². The van der Waals surface area contributed by atoms with Gasteiger partial charge in [0.25, 0.3) is 5.84 Å². The van der Waals surface area contributed by atoms with Crippen LogP contribution in [0.25, 0.3) is 0 Å². The van der Waals surface area contributed by atoms with Gasteiger partial charge in [-0.05, 0) is 23.8 Å². The zero-order valence-electron chi connectivity index (χ0n) is 12.9. The summed E-state index contributed by atoms with van der Waals surface area (Å²) in [6.07, 6.45) is -0.325. The Balaban J connectivity index is 2.39. The second-order valence-electron chi connectivity index (χ2n) is 4.78. The third-order valence-electron chi connectivity index (χ3n) is 2.88. The van der Waals surface area contributed by atoms with Gasteiger partial charge in [-0.3, -0.25) is 0 Å². The van der Waals surface area contributed by atoms with Gasteiger partial charge in [0.1, 0.15) is 17.2 Å². The lowest BCUT2D eigenvalue weighted by Crippen LogP contribution is -2.28. The molecule has 2 rings (SSSR count). The van der Waals surface area contributed by atoms with Crippen molar-refractivity contribution in [3.8, 4) is 0 Å². The lowest BCUT2D eigenvalue weighted by atomic mass is 10.3. The molecule has 5 nitrogen and oxygen atoms in total. The van der Waals surface area contributed by atoms with Crippen molar-refractivity contribution in [2.24, 2.45) is 10.1 Å². The molecule has 0 aliphatic carbocycles. The van der Waals surface area contributed by atoms with Crippen molar-refractivity contribution in [3.05, 3.63) is 71.6 Å². The molecule has 0 aromatic carbocycles. The fourth-order valence-electron chi connectivity index (χ4n) is 1.79. The van der Waals surface area contributed by atoms with E-state index in [2.05, 4.69) is 26.5 Å². The normalized spacial score (nSPS) is 13.0. The van der Waals surface area contributed by atoms with E-state index in [4.69, 9.17) is 11.6 Å². The van der Waals surface area contributed by atoms with Crippen LogP contribution in [0.15, 0.2) is 65.5 Å². The first-order chi connectivity index (χ1) is 11.9. The maximum Gasteiger partial charge on any atom is 0.455 e. The molecule has 9 heteroatoms. The molecule has 0 radical (unpaired) electrons. The van der Waals surface area contributed by atoms with Crippen molar-refractivity contribution < 1.29 is 18.0 Å². The Hall–Kier alpha value is -2.61. The topological polar surface area (TPSA) is 51.8 Å². The van der Waals surface area contributed by atoms with Crippen LogP contribution in [0.1, 0.15) is 5.56 Å². The number of nitrogens with zero attached hydrogens (tertiary/aromatic N) is 4. The maximum atomic E-state index is 13.1. The number of hydrogen-bond donors (Lipinski definition) is 0. The lowest BCUT2D eigenvalue weighted by Gasteiger charge is -2.09. The van der Waals surface area contributed by atoms with Gasteiger partial charge in [0.2, 0.25) is 0 Å². The van der Waals surface area contributed by atoms with E-state index in [9.17, 15) is 13.2 Å². The number of alkyl halides is 3. The van der Waals surface area contributed by atoms with Gasteiger partial charge in [0, 0.05) is 12.4 Å². The van der Waals surface area contributed by atoms with E-state index in [1.54, 1.807) is 30.5 Å². The van der Waals surface area contributed by atoms with Crippen LogP contribution in [0.2, 0.25) is 5.15 Å². The Kier molecular flexibility index (Phi) is 6.35. The van der Waals surface area contributed by atoms with Crippen LogP contribution in [-0.2, 0) is 11.4 Å². The van der Waals surface area contributed by atoms with Crippen molar-refractivity contribution in [2.45, 2.75) is 12.7 Å². The van der Waals surface area contributed by atoms with Gasteiger partial charge in [-0.25, -0.2) is 9.98 Å². The number of amidine groups is 1. The van der Waals surface area contributed by atoms with Crippen molar-refractivity contribution >= 4 is 17.4 Å². The summed E-state index contributed by atoms with van der Waals surface area (Å²) in [7, 11) is 0. The third kappa shape index (κ3) is 5.75. The number of aromatic nitrogens is 2. The summed E-state index contributed by atoms with van der Waals surface area (Å²) < 4.78 is 40.7. The predicted molar refractivity (Wildman–Crippen MR) is 88.0 cm³/mol. The highest BCUT2D eigenvalue weighted by molar-refractivity contribution is 6.29. The van der Waals surface area contributed by atoms with Gasteiger partial charge < -0.3 is 9.40 Å². The van der Waals surface area contributed by atoms with Crippen molar-refractivity contribution in [2.75, 3.05) is 6.61 Å². The first-order valence-corrected chi connectivity index (χ1v) is 7.46. The molecular formula is C16H14ClF3N4O. The first kappa shape index (κ1) is 18.7. The Labute approximate surface area is 146 Å². The Bertz CT molecular complexity index is 813. The third-order valence-corrected chi connectivity index (χ3v) is 3.10. The fraction of sp³-hybridized carbons (Fsp3) is 0.188. The van der Waals surface area contributed by atoms with Crippen LogP contribution in [0.5, 0.6) is 0 Å². The van der Waals surface area contributed by atoms with E-state index in [-0.39, 0.29) is 18.6 Å². The number of rotatable bonds is 5. The highest BCUT2D eigenvalue weighted by Gasteiger charge is 2.37. The molecule has 25 heavy (non-hydrogen) atoms. The molecule has 0 atom stereocenters. The number of oxime groups is 1. The summed E-state index contributed by atoms with van der Waals surface area (Å²) in [5.74, 6) is -1.39. The van der Waals surface area contributed by atoms with Crippen LogP contribution < -0.4 is 5.49 Å². The molecule has 0 aliphatic heterocycles. The second-order valence-corrected chi connectivity index (χ2v) is 5.17. The van der Waals surface area contributed by atoms with Crippen molar-refractivity contribution in [1.82, 2.24) is 9.55 Å². The van der Waals surface area contributed by atoms with Crippen molar-refractivity contribution in [3.63, 3.8) is 0 Å². The zero-order valence-corrected chi connectivity index (χ0v) is 13.7. The average Bonchev–Trinajstić information content (AvgIpc) is 2.57. The average molecular weight is 371 g/mol. The van der Waals surface area contributed by atoms with E-state index in [0.717, 1.165) is 5.56 Å². The van der Waals surface area contributed by atoms with Crippen LogP contribution in [0, 0.1) is 0 Å². The summed E-state index contributed by atoms with van der Waals surface area (Å²) in [5.41, 5.74) is 0.821. The van der Waals surface area contributed by atoms with Crippen LogP contribution >= 0.6 is 11.6 Å². The Morgan fingerprint density at radius 2 is 2.12 bits per heavy atom. The van der Waals surface area contributed by atoms with Crippen LogP contribution in [0.4, 0.5) is 13.2 Å². The molecule has 0 amide bonds. The number of halogens is 4.